The molecule has 8 nitrogen and oxygen atoms in total. The Balaban J connectivity index is 1.61. The van der Waals surface area contributed by atoms with Crippen molar-refractivity contribution < 1.29 is 4.79 Å². The highest BCUT2D eigenvalue weighted by atomic mass is 16.2. The molecule has 0 bridgehead atoms. The highest BCUT2D eigenvalue weighted by Crippen LogP contribution is 2.35. The Morgan fingerprint density at radius 1 is 1.43 bits per heavy atom. The Bertz CT molecular complexity index is 632. The summed E-state index contributed by atoms with van der Waals surface area (Å²) in [4.78, 5) is 16.1. The van der Waals surface area contributed by atoms with E-state index in [4.69, 9.17) is 0 Å². The minimum absolute atomic E-state index is 0.272. The van der Waals surface area contributed by atoms with Crippen LogP contribution in [0.3, 0.4) is 0 Å². The van der Waals surface area contributed by atoms with Crippen LogP contribution in [0.1, 0.15) is 43.2 Å². The normalized spacial score (nSPS) is 15.5. The average Bonchev–Trinajstić information content (AvgIpc) is 3.18. The van der Waals surface area contributed by atoms with E-state index in [2.05, 4.69) is 31.1 Å². The van der Waals surface area contributed by atoms with Crippen LogP contribution in [-0.4, -0.2) is 31.2 Å². The van der Waals surface area contributed by atoms with Crippen molar-refractivity contribution >= 4 is 11.8 Å². The molecule has 0 aromatic carbocycles. The second-order valence-electron chi connectivity index (χ2n) is 5.25. The van der Waals surface area contributed by atoms with Crippen LogP contribution in [0.5, 0.6) is 0 Å². The van der Waals surface area contributed by atoms with E-state index < -0.39 is 0 Å². The summed E-state index contributed by atoms with van der Waals surface area (Å²) in [5.41, 5.74) is 1.04. The minimum atomic E-state index is -0.329. The number of amides is 2. The Labute approximate surface area is 122 Å². The second-order valence-corrected chi connectivity index (χ2v) is 5.25. The number of hydrogen-bond donors (Lipinski definition) is 2. The van der Waals surface area contributed by atoms with Crippen molar-refractivity contribution in [1.29, 1.82) is 0 Å². The van der Waals surface area contributed by atoms with Crippen LogP contribution in [0.15, 0.2) is 18.3 Å². The number of anilines is 1. The molecule has 0 spiro atoms. The maximum Gasteiger partial charge on any atom is 0.320 e. The summed E-state index contributed by atoms with van der Waals surface area (Å²) in [6.45, 7) is 3.79. The van der Waals surface area contributed by atoms with Crippen molar-refractivity contribution in [2.75, 3.05) is 5.32 Å². The number of nitrogens with one attached hydrogen (secondary N) is 2. The van der Waals surface area contributed by atoms with E-state index in [1.807, 2.05) is 19.9 Å². The van der Waals surface area contributed by atoms with Crippen LogP contribution in [0.25, 0.3) is 0 Å². The van der Waals surface area contributed by atoms with Crippen LogP contribution in [-0.2, 0) is 0 Å². The molecule has 8 heteroatoms. The summed E-state index contributed by atoms with van der Waals surface area (Å²) in [5, 5.41) is 17.2. The third kappa shape index (κ3) is 3.15. The molecule has 0 unspecified atom stereocenters. The predicted octanol–water partition coefficient (Wildman–Crippen LogP) is 1.59. The molecular weight excluding hydrogens is 270 g/mol. The number of carbonyl (C=O) groups excluding carboxylic acids is 1. The van der Waals surface area contributed by atoms with Crippen LogP contribution in [0, 0.1) is 6.92 Å². The van der Waals surface area contributed by atoms with Crippen molar-refractivity contribution in [2.45, 2.75) is 38.8 Å². The zero-order valence-corrected chi connectivity index (χ0v) is 11.9. The Kier molecular flexibility index (Phi) is 3.51. The summed E-state index contributed by atoms with van der Waals surface area (Å²) in [7, 11) is 0. The van der Waals surface area contributed by atoms with Crippen molar-refractivity contribution in [1.82, 2.24) is 30.5 Å². The molecule has 110 valence electrons. The van der Waals surface area contributed by atoms with E-state index in [-0.39, 0.29) is 12.1 Å². The van der Waals surface area contributed by atoms with Gasteiger partial charge in [-0.05, 0) is 48.7 Å². The van der Waals surface area contributed by atoms with Crippen molar-refractivity contribution in [3.05, 3.63) is 29.7 Å². The van der Waals surface area contributed by atoms with Gasteiger partial charge in [0.25, 0.3) is 0 Å². The zero-order valence-electron chi connectivity index (χ0n) is 11.9. The number of hydrogen-bond acceptors (Lipinski definition) is 5. The summed E-state index contributed by atoms with van der Waals surface area (Å²) < 4.78 is 1.79. The lowest BCUT2D eigenvalue weighted by atomic mass is 10.3. The van der Waals surface area contributed by atoms with E-state index in [0.29, 0.717) is 17.7 Å². The Morgan fingerprint density at radius 3 is 2.90 bits per heavy atom. The third-order valence-corrected chi connectivity index (χ3v) is 3.30. The smallest absolute Gasteiger partial charge is 0.320 e. The Hall–Kier alpha value is -2.51. The van der Waals surface area contributed by atoms with Crippen LogP contribution < -0.4 is 10.6 Å². The van der Waals surface area contributed by atoms with E-state index in [1.54, 1.807) is 16.9 Å². The Morgan fingerprint density at radius 2 is 2.24 bits per heavy atom. The SMILES string of the molecule is Cc1ccc(NC(=O)N[C@@H](C)c2nnnn2C2CC2)nc1. The molecule has 0 radical (unpaired) electrons. The molecule has 21 heavy (non-hydrogen) atoms. The first-order valence-electron chi connectivity index (χ1n) is 6.91. The number of nitrogens with zero attached hydrogens (tertiary/aromatic N) is 5. The lowest BCUT2D eigenvalue weighted by Crippen LogP contribution is -2.33. The van der Waals surface area contributed by atoms with Gasteiger partial charge in [-0.1, -0.05) is 6.07 Å². The lowest BCUT2D eigenvalue weighted by molar-refractivity contribution is 0.248. The van der Waals surface area contributed by atoms with E-state index in [9.17, 15) is 4.79 Å². The monoisotopic (exact) mass is 287 g/mol. The molecule has 2 aromatic rings. The first kappa shape index (κ1) is 13.5. The van der Waals surface area contributed by atoms with Crippen molar-refractivity contribution in [3.8, 4) is 0 Å². The highest BCUT2D eigenvalue weighted by molar-refractivity contribution is 5.88. The quantitative estimate of drug-likeness (QED) is 0.890. The molecule has 1 atom stereocenters. The number of tetrazole rings is 1. The molecule has 2 aromatic heterocycles. The molecule has 3 rings (SSSR count). The van der Waals surface area contributed by atoms with Gasteiger partial charge in [-0.2, -0.15) is 0 Å². The van der Waals surface area contributed by atoms with E-state index in [1.165, 1.54) is 0 Å². The van der Waals surface area contributed by atoms with Gasteiger partial charge >= 0.3 is 6.03 Å². The van der Waals surface area contributed by atoms with Crippen molar-refractivity contribution in [3.63, 3.8) is 0 Å². The number of carbonyl (C=O) groups is 1. The second kappa shape index (κ2) is 5.47. The van der Waals surface area contributed by atoms with Crippen LogP contribution >= 0.6 is 0 Å². The topological polar surface area (TPSA) is 97.6 Å². The fourth-order valence-electron chi connectivity index (χ4n) is 2.02. The number of rotatable bonds is 4. The van der Waals surface area contributed by atoms with Gasteiger partial charge in [-0.3, -0.25) is 5.32 Å². The number of aryl methyl sites for hydroxylation is 1. The summed E-state index contributed by atoms with van der Waals surface area (Å²) >= 11 is 0. The summed E-state index contributed by atoms with van der Waals surface area (Å²) in [6, 6.07) is 3.42. The van der Waals surface area contributed by atoms with Gasteiger partial charge in [0.05, 0.1) is 12.1 Å². The van der Waals surface area contributed by atoms with Gasteiger partial charge in [0.2, 0.25) is 0 Å². The van der Waals surface area contributed by atoms with E-state index in [0.717, 1.165) is 18.4 Å². The molecule has 2 heterocycles. The maximum atomic E-state index is 12.0. The predicted molar refractivity (Wildman–Crippen MR) is 75.6 cm³/mol. The maximum absolute atomic E-state index is 12.0. The van der Waals surface area contributed by atoms with Gasteiger partial charge in [0.15, 0.2) is 5.82 Å². The van der Waals surface area contributed by atoms with Crippen molar-refractivity contribution in [2.24, 2.45) is 0 Å². The molecule has 2 amide bonds. The van der Waals surface area contributed by atoms with Gasteiger partial charge < -0.3 is 5.32 Å². The number of pyridine rings is 1. The minimum Gasteiger partial charge on any atom is -0.328 e. The zero-order chi connectivity index (χ0) is 14.8. The third-order valence-electron chi connectivity index (χ3n) is 3.30. The lowest BCUT2D eigenvalue weighted by Gasteiger charge is -2.13. The van der Waals surface area contributed by atoms with Gasteiger partial charge in [-0.15, -0.1) is 5.10 Å². The first-order chi connectivity index (χ1) is 10.1. The van der Waals surface area contributed by atoms with Crippen LogP contribution in [0.2, 0.25) is 0 Å². The standard InChI is InChI=1S/C13H17N7O/c1-8-3-6-11(14-7-8)16-13(21)15-9(2)12-17-18-19-20(12)10-4-5-10/h3,6-7,9-10H,4-5H2,1-2H3,(H2,14,15,16,21)/t9-/m0/s1. The molecule has 0 aliphatic heterocycles. The fraction of sp³-hybridized carbons (Fsp3) is 0.462. The molecule has 2 N–H and O–H groups in total. The highest BCUT2D eigenvalue weighted by Gasteiger charge is 2.29. The number of aromatic nitrogens is 5. The summed E-state index contributed by atoms with van der Waals surface area (Å²) in [6.07, 6.45) is 3.88. The largest absolute Gasteiger partial charge is 0.328 e. The molecule has 1 aliphatic rings. The fourth-order valence-corrected chi connectivity index (χ4v) is 2.02. The molecule has 1 aliphatic carbocycles. The molecule has 0 saturated heterocycles. The molecule has 1 fully saturated rings. The van der Waals surface area contributed by atoms with Gasteiger partial charge in [-0.25, -0.2) is 14.5 Å². The first-order valence-corrected chi connectivity index (χ1v) is 6.91. The van der Waals surface area contributed by atoms with Crippen LogP contribution in [0.4, 0.5) is 10.6 Å². The average molecular weight is 287 g/mol. The van der Waals surface area contributed by atoms with E-state index >= 15 is 0 Å². The molecule has 1 saturated carbocycles. The summed E-state index contributed by atoms with van der Waals surface area (Å²) in [5.74, 6) is 1.18. The van der Waals surface area contributed by atoms with Gasteiger partial charge in [0, 0.05) is 6.20 Å². The number of urea groups is 1. The molecular formula is C13H17N7O. The van der Waals surface area contributed by atoms with Gasteiger partial charge in [0.1, 0.15) is 5.82 Å².